The maximum atomic E-state index is 5.80. The van der Waals surface area contributed by atoms with E-state index < -0.39 is 7.59 Å². The highest BCUT2D eigenvalue weighted by molar-refractivity contribution is 6.67. The van der Waals surface area contributed by atoms with E-state index in [2.05, 4.69) is 15.0 Å². The first-order valence-electron chi connectivity index (χ1n) is 7.59. The van der Waals surface area contributed by atoms with E-state index in [1.807, 2.05) is 58.0 Å². The van der Waals surface area contributed by atoms with Gasteiger partial charge in [-0.25, -0.2) is 15.0 Å². The molecule has 0 aliphatic rings. The normalized spacial score (nSPS) is 11.0. The fourth-order valence-electron chi connectivity index (χ4n) is 1.53. The summed E-state index contributed by atoms with van der Waals surface area (Å²) in [6.45, 7) is 8.00. The third kappa shape index (κ3) is 8.94. The molecular weight excluding hydrogens is 447 g/mol. The molecule has 0 amide bonds. The number of nitrogens with zero attached hydrogens (tertiary/aromatic N) is 3. The largest absolute Gasteiger partial charge is 0.250 e. The van der Waals surface area contributed by atoms with Crippen LogP contribution in [0.3, 0.4) is 0 Å². The predicted molar refractivity (Wildman–Crippen MR) is 110 cm³/mol. The molecule has 1 heterocycles. The number of benzene rings is 1. The van der Waals surface area contributed by atoms with Crippen molar-refractivity contribution in [1.82, 2.24) is 15.0 Å². The Morgan fingerprint density at radius 3 is 1.44 bits per heavy atom. The molecule has 0 unspecified atom stereocenters. The minimum Gasteiger partial charge on any atom is -0.213 e. The molecule has 9 heteroatoms. The van der Waals surface area contributed by atoms with Crippen LogP contribution in [0.2, 0.25) is 0 Å². The Morgan fingerprint density at radius 1 is 0.680 bits per heavy atom. The molecule has 0 saturated heterocycles. The lowest BCUT2D eigenvalue weighted by molar-refractivity contribution is 0.792. The number of rotatable bonds is 2. The molecule has 0 aliphatic carbocycles. The highest BCUT2D eigenvalue weighted by Crippen LogP contribution is 2.39. The van der Waals surface area contributed by atoms with Crippen LogP contribution in [0.1, 0.15) is 50.7 Å². The van der Waals surface area contributed by atoms with Crippen molar-refractivity contribution < 1.29 is 0 Å². The number of aromatic nitrogens is 3. The van der Waals surface area contributed by atoms with Gasteiger partial charge in [0.25, 0.3) is 0 Å². The van der Waals surface area contributed by atoms with Crippen LogP contribution in [0.5, 0.6) is 0 Å². The zero-order valence-electron chi connectivity index (χ0n) is 14.2. The van der Waals surface area contributed by atoms with Crippen LogP contribution >= 0.6 is 69.6 Å². The Kier molecular flexibility index (Phi) is 11.6. The minimum atomic E-state index is -1.83. The molecule has 0 spiro atoms. The summed E-state index contributed by atoms with van der Waals surface area (Å²) in [4.78, 5) is 12.1. The Labute approximate surface area is 179 Å². The van der Waals surface area contributed by atoms with Crippen molar-refractivity contribution in [2.75, 3.05) is 0 Å². The zero-order chi connectivity index (χ0) is 19.7. The Hall–Kier alpha value is -0.0300. The third-order valence-corrected chi connectivity index (χ3v) is 3.41. The van der Waals surface area contributed by atoms with E-state index in [0.717, 1.165) is 5.56 Å². The zero-order valence-corrected chi connectivity index (χ0v) is 18.7. The quantitative estimate of drug-likeness (QED) is 0.441. The fourth-order valence-corrected chi connectivity index (χ4v) is 2.04. The summed E-state index contributed by atoms with van der Waals surface area (Å²) in [6.07, 6.45) is 0.394. The lowest BCUT2D eigenvalue weighted by atomic mass is 10.1. The number of halogens is 6. The van der Waals surface area contributed by atoms with Crippen molar-refractivity contribution in [2.24, 2.45) is 0 Å². The number of hydrogen-bond acceptors (Lipinski definition) is 3. The van der Waals surface area contributed by atoms with E-state index in [9.17, 15) is 0 Å². The molecule has 0 radical (unpaired) electrons. The van der Waals surface area contributed by atoms with Crippen molar-refractivity contribution in [3.63, 3.8) is 0 Å². The molecule has 0 saturated carbocycles. The van der Waals surface area contributed by atoms with Crippen molar-refractivity contribution in [1.29, 1.82) is 0 Å². The molecular formula is C16H19Cl6N3. The smallest absolute Gasteiger partial charge is 0.213 e. The molecule has 3 nitrogen and oxygen atoms in total. The molecule has 25 heavy (non-hydrogen) atoms. The predicted octanol–water partition coefficient (Wildman–Crippen LogP) is 7.17. The van der Waals surface area contributed by atoms with Gasteiger partial charge in [-0.2, -0.15) is 0 Å². The topological polar surface area (TPSA) is 38.7 Å². The van der Waals surface area contributed by atoms with E-state index in [4.69, 9.17) is 69.6 Å². The fraction of sp³-hybridized carbons (Fsp3) is 0.438. The Bertz CT molecular complexity index is 592. The van der Waals surface area contributed by atoms with Crippen molar-refractivity contribution in [2.45, 2.75) is 41.7 Å². The van der Waals surface area contributed by atoms with Gasteiger partial charge in [0.1, 0.15) is 5.82 Å². The van der Waals surface area contributed by atoms with Gasteiger partial charge in [0, 0.05) is 6.42 Å². The molecule has 2 aromatic rings. The van der Waals surface area contributed by atoms with Gasteiger partial charge in [0.15, 0.2) is 11.6 Å². The summed E-state index contributed by atoms with van der Waals surface area (Å²) in [5.41, 5.74) is 0.967. The molecule has 1 aromatic carbocycles. The average Bonchev–Trinajstić information content (AvgIpc) is 2.57. The number of alkyl halides is 6. The third-order valence-electron chi connectivity index (χ3n) is 2.39. The molecule has 2 rings (SSSR count). The highest BCUT2D eigenvalue weighted by atomic mass is 35.6. The van der Waals surface area contributed by atoms with Crippen molar-refractivity contribution in [3.05, 3.63) is 53.4 Å². The maximum Gasteiger partial charge on any atom is 0.250 e. The highest BCUT2D eigenvalue weighted by Gasteiger charge is 2.33. The number of hydrogen-bond donors (Lipinski definition) is 0. The van der Waals surface area contributed by atoms with Crippen LogP contribution in [-0.4, -0.2) is 15.0 Å². The molecule has 0 N–H and O–H groups in total. The molecule has 140 valence electrons. The average molecular weight is 466 g/mol. The van der Waals surface area contributed by atoms with Gasteiger partial charge in [0.05, 0.1) is 0 Å². The Balaban J connectivity index is 0.00000134. The van der Waals surface area contributed by atoms with Crippen molar-refractivity contribution >= 4 is 69.6 Å². The van der Waals surface area contributed by atoms with Crippen LogP contribution in [-0.2, 0) is 14.0 Å². The second-order valence-electron chi connectivity index (χ2n) is 4.06. The summed E-state index contributed by atoms with van der Waals surface area (Å²) in [5, 5.41) is 0. The van der Waals surface area contributed by atoms with Gasteiger partial charge in [-0.3, -0.25) is 0 Å². The second kappa shape index (κ2) is 11.6. The second-order valence-corrected chi connectivity index (χ2v) is 8.62. The molecule has 0 bridgehead atoms. The van der Waals surface area contributed by atoms with Crippen LogP contribution < -0.4 is 0 Å². The summed E-state index contributed by atoms with van der Waals surface area (Å²) in [6, 6.07) is 9.50. The van der Waals surface area contributed by atoms with Crippen molar-refractivity contribution in [3.8, 4) is 0 Å². The van der Waals surface area contributed by atoms with E-state index in [0.29, 0.717) is 12.2 Å². The van der Waals surface area contributed by atoms with Crippen LogP contribution in [0.25, 0.3) is 0 Å². The first kappa shape index (κ1) is 25.0. The molecule has 1 aromatic heterocycles. The van der Waals surface area contributed by atoms with Gasteiger partial charge < -0.3 is 0 Å². The lowest BCUT2D eigenvalue weighted by Gasteiger charge is -2.15. The molecule has 0 atom stereocenters. The first-order chi connectivity index (χ1) is 11.7. The lowest BCUT2D eigenvalue weighted by Crippen LogP contribution is -2.18. The molecule has 0 aliphatic heterocycles. The maximum absolute atomic E-state index is 5.80. The van der Waals surface area contributed by atoms with Gasteiger partial charge in [-0.05, 0) is 5.56 Å². The van der Waals surface area contributed by atoms with Crippen LogP contribution in [0, 0.1) is 0 Å². The van der Waals surface area contributed by atoms with Gasteiger partial charge >= 0.3 is 0 Å². The van der Waals surface area contributed by atoms with Gasteiger partial charge in [-0.1, -0.05) is 128 Å². The first-order valence-corrected chi connectivity index (χ1v) is 9.86. The summed E-state index contributed by atoms with van der Waals surface area (Å²) >= 11 is 34.8. The molecule has 0 fully saturated rings. The standard InChI is InChI=1S/C12H7Cl6N3.2C2H6/c13-11(14,15)9-19-8(6-7-4-2-1-3-5-7)20-10(21-9)12(16,17)18;2*1-2/h1-5H,6H2;2*1-2H3. The van der Waals surface area contributed by atoms with E-state index in [1.54, 1.807) is 0 Å². The Morgan fingerprint density at radius 2 is 1.08 bits per heavy atom. The summed E-state index contributed by atoms with van der Waals surface area (Å²) in [5.74, 6) is 0.170. The SMILES string of the molecule is CC.CC.ClC(Cl)(Cl)c1nc(Cc2ccccc2)nc(C(Cl)(Cl)Cl)n1. The van der Waals surface area contributed by atoms with E-state index in [-0.39, 0.29) is 11.6 Å². The minimum absolute atomic E-state index is 0.0882. The van der Waals surface area contributed by atoms with Gasteiger partial charge in [0.2, 0.25) is 7.59 Å². The van der Waals surface area contributed by atoms with E-state index >= 15 is 0 Å². The summed E-state index contributed by atoms with van der Waals surface area (Å²) in [7, 11) is 0. The monoisotopic (exact) mass is 463 g/mol. The summed E-state index contributed by atoms with van der Waals surface area (Å²) < 4.78 is -3.67. The van der Waals surface area contributed by atoms with Gasteiger partial charge in [-0.15, -0.1) is 0 Å². The van der Waals surface area contributed by atoms with Crippen LogP contribution in [0.4, 0.5) is 0 Å². The van der Waals surface area contributed by atoms with Crippen LogP contribution in [0.15, 0.2) is 30.3 Å². The van der Waals surface area contributed by atoms with E-state index in [1.165, 1.54) is 0 Å².